The molecule has 0 atom stereocenters. The molecule has 3 aromatic rings. The maximum absolute atomic E-state index is 13.6. The third kappa shape index (κ3) is 5.50. The molecule has 0 saturated heterocycles. The number of hydrogen-bond acceptors (Lipinski definition) is 6. The summed E-state index contributed by atoms with van der Waals surface area (Å²) in [7, 11) is 0. The Morgan fingerprint density at radius 2 is 1.73 bits per heavy atom. The first-order chi connectivity index (χ1) is 18.9. The summed E-state index contributed by atoms with van der Waals surface area (Å²) in [5.74, 6) is -1.61. The molecule has 3 aliphatic rings. The van der Waals surface area contributed by atoms with E-state index in [1.807, 2.05) is 13.0 Å². The molecule has 40 heavy (non-hydrogen) atoms. The van der Waals surface area contributed by atoms with Gasteiger partial charge in [0.25, 0.3) is 0 Å². The highest BCUT2D eigenvalue weighted by atomic mass is 19.4. The van der Waals surface area contributed by atoms with Crippen LogP contribution in [0.25, 0.3) is 0 Å². The zero-order valence-electron chi connectivity index (χ0n) is 21.7. The Hall–Kier alpha value is -4.02. The van der Waals surface area contributed by atoms with Crippen LogP contribution in [-0.2, 0) is 21.4 Å². The number of amides is 1. The average molecular weight is 556 g/mol. The first-order valence-corrected chi connectivity index (χ1v) is 13.0. The molecule has 2 heterocycles. The summed E-state index contributed by atoms with van der Waals surface area (Å²) in [6.45, 7) is 2.83. The van der Waals surface area contributed by atoms with Crippen LogP contribution in [0.3, 0.4) is 0 Å². The fourth-order valence-corrected chi connectivity index (χ4v) is 5.77. The average Bonchev–Trinajstić information content (AvgIpc) is 3.69. The number of hydrogen-bond donors (Lipinski definition) is 1. The number of fused-ring (bicyclic) bond motifs is 1. The molecule has 2 saturated carbocycles. The normalized spacial score (nSPS) is 18.1. The summed E-state index contributed by atoms with van der Waals surface area (Å²) >= 11 is 0. The maximum Gasteiger partial charge on any atom is 0.430 e. The molecule has 1 amide bonds. The van der Waals surface area contributed by atoms with Gasteiger partial charge in [-0.2, -0.15) is 13.2 Å². The number of benzene rings is 2. The van der Waals surface area contributed by atoms with Crippen molar-refractivity contribution < 1.29 is 32.3 Å². The van der Waals surface area contributed by atoms with E-state index in [1.54, 1.807) is 18.3 Å². The lowest BCUT2D eigenvalue weighted by molar-refractivity contribution is -0.344. The van der Waals surface area contributed by atoms with Crippen molar-refractivity contribution in [2.45, 2.75) is 57.0 Å². The van der Waals surface area contributed by atoms with Gasteiger partial charge in [-0.3, -0.25) is 4.79 Å². The predicted octanol–water partition coefficient (Wildman–Crippen LogP) is 4.76. The van der Waals surface area contributed by atoms with Crippen molar-refractivity contribution in [3.05, 3.63) is 77.5 Å². The van der Waals surface area contributed by atoms with Gasteiger partial charge in [0.05, 0.1) is 5.41 Å². The lowest BCUT2D eigenvalue weighted by Gasteiger charge is -2.48. The molecule has 1 aromatic heterocycles. The SMILES string of the molecule is Cc1nccc(N2CCCc3cc(C4(C(=O)Nc5ccc(F)cc5)CC5(CC5)C4)ccc32)n1.O=C([O-])C(F)(F)F. The highest BCUT2D eigenvalue weighted by molar-refractivity contribution is 6.00. The van der Waals surface area contributed by atoms with Gasteiger partial charge in [0.1, 0.15) is 23.4 Å². The van der Waals surface area contributed by atoms with Crippen LogP contribution in [0.5, 0.6) is 0 Å². The van der Waals surface area contributed by atoms with Gasteiger partial charge in [-0.25, -0.2) is 14.4 Å². The highest BCUT2D eigenvalue weighted by Crippen LogP contribution is 2.69. The van der Waals surface area contributed by atoms with Crippen LogP contribution in [0, 0.1) is 18.2 Å². The van der Waals surface area contributed by atoms with Crippen molar-refractivity contribution >= 4 is 29.1 Å². The number of halogens is 4. The third-order valence-electron chi connectivity index (χ3n) is 7.87. The second kappa shape index (κ2) is 10.2. The topological polar surface area (TPSA) is 98.2 Å². The Bertz CT molecular complexity index is 1430. The molecule has 1 spiro atoms. The van der Waals surface area contributed by atoms with E-state index in [0.29, 0.717) is 11.1 Å². The number of carbonyl (C=O) groups is 2. The number of carboxylic acid groups (broad SMARTS) is 1. The standard InChI is InChI=1S/C27H27FN4O.C2HF3O2/c1-18-29-13-10-24(30-18)32-14-2-3-19-15-20(4-9-23(19)32)27(16-26(17-27)11-12-26)25(33)31-22-7-5-21(28)6-8-22;3-2(4,5)1(6)7/h4-10,13,15H,2-3,11-12,14,16-17H2,1H3,(H,31,33);(H,6,7)/p-1. The zero-order valence-corrected chi connectivity index (χ0v) is 21.7. The lowest BCUT2D eigenvalue weighted by atomic mass is 9.55. The van der Waals surface area contributed by atoms with Crippen LogP contribution in [0.4, 0.5) is 34.8 Å². The molecule has 2 aliphatic carbocycles. The number of aromatic nitrogens is 2. The Morgan fingerprint density at radius 1 is 1.05 bits per heavy atom. The number of alkyl halides is 3. The molecule has 1 aliphatic heterocycles. The van der Waals surface area contributed by atoms with E-state index in [-0.39, 0.29) is 11.7 Å². The second-order valence-corrected chi connectivity index (χ2v) is 10.7. The molecule has 0 unspecified atom stereocenters. The van der Waals surface area contributed by atoms with Gasteiger partial charge >= 0.3 is 6.18 Å². The van der Waals surface area contributed by atoms with E-state index in [4.69, 9.17) is 9.90 Å². The minimum atomic E-state index is -5.19. The Kier molecular flexibility index (Phi) is 7.01. The van der Waals surface area contributed by atoms with Gasteiger partial charge in [0.15, 0.2) is 0 Å². The van der Waals surface area contributed by atoms with Crippen LogP contribution in [-0.4, -0.2) is 34.6 Å². The summed E-state index contributed by atoms with van der Waals surface area (Å²) in [5, 5.41) is 11.8. The Balaban J connectivity index is 0.000000411. The molecular weight excluding hydrogens is 528 g/mol. The van der Waals surface area contributed by atoms with Crippen molar-refractivity contribution in [1.82, 2.24) is 9.97 Å². The van der Waals surface area contributed by atoms with Gasteiger partial charge in [-0.05, 0) is 98.4 Å². The van der Waals surface area contributed by atoms with E-state index in [0.717, 1.165) is 55.1 Å². The maximum atomic E-state index is 13.6. The third-order valence-corrected chi connectivity index (χ3v) is 7.87. The van der Waals surface area contributed by atoms with Gasteiger partial charge in [0, 0.05) is 24.1 Å². The van der Waals surface area contributed by atoms with Crippen molar-refractivity contribution in [2.24, 2.45) is 5.41 Å². The van der Waals surface area contributed by atoms with E-state index in [9.17, 15) is 22.4 Å². The van der Waals surface area contributed by atoms with Crippen molar-refractivity contribution in [1.29, 1.82) is 0 Å². The minimum Gasteiger partial charge on any atom is -0.542 e. The van der Waals surface area contributed by atoms with E-state index < -0.39 is 17.6 Å². The molecule has 0 radical (unpaired) electrons. The van der Waals surface area contributed by atoms with Crippen molar-refractivity contribution in [3.8, 4) is 0 Å². The van der Waals surface area contributed by atoms with Crippen LogP contribution in [0.15, 0.2) is 54.7 Å². The largest absolute Gasteiger partial charge is 0.542 e. The van der Waals surface area contributed by atoms with E-state index >= 15 is 0 Å². The molecule has 1 N–H and O–H groups in total. The van der Waals surface area contributed by atoms with Gasteiger partial charge in [-0.15, -0.1) is 0 Å². The van der Waals surface area contributed by atoms with Gasteiger partial charge in [-0.1, -0.05) is 12.1 Å². The fourth-order valence-electron chi connectivity index (χ4n) is 5.77. The molecule has 11 heteroatoms. The van der Waals surface area contributed by atoms with Crippen LogP contribution >= 0.6 is 0 Å². The predicted molar refractivity (Wildman–Crippen MR) is 137 cm³/mol. The number of carbonyl (C=O) groups excluding carboxylic acids is 2. The highest BCUT2D eigenvalue weighted by Gasteiger charge is 2.64. The molecule has 2 aromatic carbocycles. The number of aryl methyl sites for hydroxylation is 2. The summed E-state index contributed by atoms with van der Waals surface area (Å²) < 4.78 is 44.9. The molecule has 210 valence electrons. The minimum absolute atomic E-state index is 0.0191. The number of nitrogens with one attached hydrogen (secondary N) is 1. The number of aliphatic carboxylic acids is 1. The lowest BCUT2D eigenvalue weighted by Crippen LogP contribution is -2.51. The number of carboxylic acids is 1. The molecule has 7 nitrogen and oxygen atoms in total. The van der Waals surface area contributed by atoms with Crippen molar-refractivity contribution in [2.75, 3.05) is 16.8 Å². The molecule has 0 bridgehead atoms. The molecular formula is C29H27F4N4O3-. The van der Waals surface area contributed by atoms with E-state index in [1.165, 1.54) is 30.5 Å². The first-order valence-electron chi connectivity index (χ1n) is 13.0. The number of nitrogens with zero attached hydrogens (tertiary/aromatic N) is 3. The quantitative estimate of drug-likeness (QED) is 0.467. The molecule has 2 fully saturated rings. The summed E-state index contributed by atoms with van der Waals surface area (Å²) in [6.07, 6.45) is 2.84. The first kappa shape index (κ1) is 27.5. The Morgan fingerprint density at radius 3 is 2.33 bits per heavy atom. The fraction of sp³-hybridized carbons (Fsp3) is 0.379. The van der Waals surface area contributed by atoms with Crippen LogP contribution < -0.4 is 15.3 Å². The molecule has 6 rings (SSSR count). The van der Waals surface area contributed by atoms with Crippen LogP contribution in [0.2, 0.25) is 0 Å². The van der Waals surface area contributed by atoms with Crippen molar-refractivity contribution in [3.63, 3.8) is 0 Å². The summed E-state index contributed by atoms with van der Waals surface area (Å²) in [6, 6.07) is 14.5. The summed E-state index contributed by atoms with van der Waals surface area (Å²) in [5.41, 5.74) is 3.99. The van der Waals surface area contributed by atoms with E-state index in [2.05, 4.69) is 38.4 Å². The Labute approximate surface area is 228 Å². The summed E-state index contributed by atoms with van der Waals surface area (Å²) in [4.78, 5) is 33.5. The second-order valence-electron chi connectivity index (χ2n) is 10.7. The zero-order chi connectivity index (χ0) is 28.7. The van der Waals surface area contributed by atoms with Crippen LogP contribution in [0.1, 0.15) is 49.1 Å². The smallest absolute Gasteiger partial charge is 0.430 e. The monoisotopic (exact) mass is 555 g/mol. The number of rotatable bonds is 4. The van der Waals surface area contributed by atoms with Gasteiger partial charge < -0.3 is 20.1 Å². The van der Waals surface area contributed by atoms with Gasteiger partial charge in [0.2, 0.25) is 5.91 Å². The number of anilines is 3.